The molecule has 1 N–H and O–H groups in total. The highest BCUT2D eigenvalue weighted by Crippen LogP contribution is 2.37. The summed E-state index contributed by atoms with van der Waals surface area (Å²) in [7, 11) is -3.99. The average molecular weight is 498 g/mol. The van der Waals surface area contributed by atoms with Gasteiger partial charge in [-0.25, -0.2) is 12.7 Å². The third kappa shape index (κ3) is 5.32. The van der Waals surface area contributed by atoms with Crippen LogP contribution in [0, 0.1) is 13.8 Å². The lowest BCUT2D eigenvalue weighted by Crippen LogP contribution is -2.41. The van der Waals surface area contributed by atoms with Crippen LogP contribution in [0.3, 0.4) is 0 Å². The number of nitrogens with zero attached hydrogens (tertiary/aromatic N) is 2. The van der Waals surface area contributed by atoms with Crippen LogP contribution in [-0.4, -0.2) is 68.8 Å². The minimum Gasteiger partial charge on any atom is -0.379 e. The molecule has 2 aromatic carbocycles. The first-order valence-electron chi connectivity index (χ1n) is 11.7. The Morgan fingerprint density at radius 3 is 2.34 bits per heavy atom. The van der Waals surface area contributed by atoms with E-state index in [1.165, 1.54) is 0 Å². The van der Waals surface area contributed by atoms with Gasteiger partial charge in [-0.15, -0.1) is 0 Å². The topological polar surface area (TPSA) is 96.0 Å². The largest absolute Gasteiger partial charge is 0.379 e. The van der Waals surface area contributed by atoms with E-state index in [1.54, 1.807) is 43.3 Å². The van der Waals surface area contributed by atoms with E-state index in [1.807, 2.05) is 19.9 Å². The van der Waals surface area contributed by atoms with Crippen LogP contribution in [-0.2, 0) is 26.1 Å². The van der Waals surface area contributed by atoms with Gasteiger partial charge in [0.25, 0.3) is 21.8 Å². The lowest BCUT2D eigenvalue weighted by Gasteiger charge is -2.26. The number of ether oxygens (including phenoxy) is 1. The summed E-state index contributed by atoms with van der Waals surface area (Å²) in [5, 5.41) is 2.91. The van der Waals surface area contributed by atoms with Crippen LogP contribution < -0.4 is 5.32 Å². The Labute approximate surface area is 206 Å². The van der Waals surface area contributed by atoms with Crippen molar-refractivity contribution in [3.05, 3.63) is 75.9 Å². The van der Waals surface area contributed by atoms with Gasteiger partial charge >= 0.3 is 0 Å². The molecule has 8 nitrogen and oxygen atoms in total. The molecule has 0 aliphatic carbocycles. The maximum atomic E-state index is 13.3. The number of hydrogen-bond acceptors (Lipinski definition) is 6. The van der Waals surface area contributed by atoms with Crippen molar-refractivity contribution in [2.24, 2.45) is 0 Å². The molecular weight excluding hydrogens is 466 g/mol. The predicted octanol–water partition coefficient (Wildman–Crippen LogP) is 2.47. The van der Waals surface area contributed by atoms with Gasteiger partial charge in [-0.05, 0) is 55.2 Å². The number of rotatable bonds is 7. The van der Waals surface area contributed by atoms with Crippen LogP contribution in [0.2, 0.25) is 0 Å². The van der Waals surface area contributed by atoms with Crippen molar-refractivity contribution in [1.29, 1.82) is 0 Å². The summed E-state index contributed by atoms with van der Waals surface area (Å²) < 4.78 is 32.9. The second-order valence-electron chi connectivity index (χ2n) is 8.98. The highest BCUT2D eigenvalue weighted by atomic mass is 32.2. The highest BCUT2D eigenvalue weighted by molar-refractivity contribution is 7.99. The first-order chi connectivity index (χ1) is 16.7. The summed E-state index contributed by atoms with van der Waals surface area (Å²) in [5.41, 5.74) is 3.85. The van der Waals surface area contributed by atoms with Gasteiger partial charge in [-0.2, -0.15) is 0 Å². The number of nitrogens with one attached hydrogen (secondary N) is 1. The average Bonchev–Trinajstić information content (AvgIpc) is 3.01. The fraction of sp³-hybridized carbons (Fsp3) is 0.385. The van der Waals surface area contributed by atoms with Crippen LogP contribution >= 0.6 is 0 Å². The number of carbonyl (C=O) groups excluding carboxylic acids is 2. The molecule has 0 spiro atoms. The Bertz CT molecular complexity index is 1260. The number of aryl methyl sites for hydroxylation is 2. The van der Waals surface area contributed by atoms with Crippen molar-refractivity contribution in [2.45, 2.75) is 27.3 Å². The van der Waals surface area contributed by atoms with Crippen molar-refractivity contribution in [2.75, 3.05) is 39.4 Å². The van der Waals surface area contributed by atoms with Gasteiger partial charge in [0.05, 0.1) is 19.8 Å². The Morgan fingerprint density at radius 1 is 1.00 bits per heavy atom. The van der Waals surface area contributed by atoms with Gasteiger partial charge in [0.15, 0.2) is 0 Å². The van der Waals surface area contributed by atoms with Crippen molar-refractivity contribution in [3.63, 3.8) is 0 Å². The lowest BCUT2D eigenvalue weighted by atomic mass is 10.0. The quantitative estimate of drug-likeness (QED) is 0.632. The van der Waals surface area contributed by atoms with Gasteiger partial charge in [0, 0.05) is 37.3 Å². The lowest BCUT2D eigenvalue weighted by molar-refractivity contribution is -0.122. The standard InChI is InChI=1S/C26H31N3O5S/c1-18-4-7-23(16-19(18)2)24-20(3)26(31)29(35(24,32)33)17-21-5-8-22(9-6-21)25(30)27-10-11-28-12-14-34-15-13-28/h4-9,16H,10-15,17H2,1-3H3,(H,27,30). The van der Waals surface area contributed by atoms with E-state index in [0.29, 0.717) is 36.4 Å². The first kappa shape index (κ1) is 25.1. The number of sulfonamides is 1. The molecule has 2 amide bonds. The summed E-state index contributed by atoms with van der Waals surface area (Å²) in [5.74, 6) is -0.715. The number of morpholine rings is 1. The molecule has 0 radical (unpaired) electrons. The van der Waals surface area contributed by atoms with Crippen molar-refractivity contribution in [3.8, 4) is 0 Å². The van der Waals surface area contributed by atoms with Crippen LogP contribution in [0.1, 0.15) is 39.5 Å². The van der Waals surface area contributed by atoms with Crippen LogP contribution in [0.25, 0.3) is 4.91 Å². The molecule has 2 aliphatic rings. The summed E-state index contributed by atoms with van der Waals surface area (Å²) in [6.45, 7) is 9.78. The van der Waals surface area contributed by atoms with Gasteiger partial charge in [0.1, 0.15) is 4.91 Å². The summed E-state index contributed by atoms with van der Waals surface area (Å²) >= 11 is 0. The molecule has 186 valence electrons. The molecule has 35 heavy (non-hydrogen) atoms. The van der Waals surface area contributed by atoms with Crippen LogP contribution in [0.5, 0.6) is 0 Å². The molecule has 1 saturated heterocycles. The molecule has 2 aliphatic heterocycles. The molecule has 0 saturated carbocycles. The fourth-order valence-corrected chi connectivity index (χ4v) is 6.08. The van der Waals surface area contributed by atoms with E-state index < -0.39 is 15.9 Å². The molecule has 2 aromatic rings. The van der Waals surface area contributed by atoms with E-state index >= 15 is 0 Å². The maximum Gasteiger partial charge on any atom is 0.268 e. The van der Waals surface area contributed by atoms with Crippen LogP contribution in [0.15, 0.2) is 48.0 Å². The van der Waals surface area contributed by atoms with E-state index in [2.05, 4.69) is 10.2 Å². The zero-order valence-electron chi connectivity index (χ0n) is 20.3. The summed E-state index contributed by atoms with van der Waals surface area (Å²) in [6.07, 6.45) is 0. The number of amides is 2. The maximum absolute atomic E-state index is 13.3. The van der Waals surface area contributed by atoms with Crippen LogP contribution in [0.4, 0.5) is 0 Å². The van der Waals surface area contributed by atoms with E-state index in [9.17, 15) is 18.0 Å². The number of carbonyl (C=O) groups is 2. The van der Waals surface area contributed by atoms with E-state index in [0.717, 1.165) is 35.1 Å². The normalized spacial score (nSPS) is 18.3. The van der Waals surface area contributed by atoms with Gasteiger partial charge in [-0.1, -0.05) is 30.3 Å². The monoisotopic (exact) mass is 497 g/mol. The molecule has 0 atom stereocenters. The Hall–Kier alpha value is -3.01. The summed E-state index contributed by atoms with van der Waals surface area (Å²) in [4.78, 5) is 27.7. The molecule has 1 fully saturated rings. The zero-order valence-corrected chi connectivity index (χ0v) is 21.2. The van der Waals surface area contributed by atoms with E-state index in [4.69, 9.17) is 4.74 Å². The molecule has 0 bridgehead atoms. The molecular formula is C26H31N3O5S. The SMILES string of the molecule is CC1=C(c2ccc(C)c(C)c2)S(=O)(=O)N(Cc2ccc(C(=O)NCCN3CCOCC3)cc2)C1=O. The predicted molar refractivity (Wildman–Crippen MR) is 134 cm³/mol. The second kappa shape index (κ2) is 10.3. The molecule has 2 heterocycles. The van der Waals surface area contributed by atoms with Gasteiger partial charge in [-0.3, -0.25) is 14.5 Å². The molecule has 9 heteroatoms. The van der Waals surface area contributed by atoms with Crippen molar-refractivity contribution < 1.29 is 22.7 Å². The number of benzene rings is 2. The van der Waals surface area contributed by atoms with Crippen molar-refractivity contribution >= 4 is 26.7 Å². The second-order valence-corrected chi connectivity index (χ2v) is 10.8. The number of hydrogen-bond donors (Lipinski definition) is 1. The fourth-order valence-electron chi connectivity index (χ4n) is 4.28. The van der Waals surface area contributed by atoms with Gasteiger partial charge < -0.3 is 10.1 Å². The van der Waals surface area contributed by atoms with Crippen molar-refractivity contribution in [1.82, 2.24) is 14.5 Å². The Balaban J connectivity index is 1.41. The zero-order chi connectivity index (χ0) is 25.2. The third-order valence-electron chi connectivity index (χ3n) is 6.56. The Morgan fingerprint density at radius 2 is 1.69 bits per heavy atom. The minimum absolute atomic E-state index is 0.0573. The Kier molecular flexibility index (Phi) is 7.39. The highest BCUT2D eigenvalue weighted by Gasteiger charge is 2.42. The minimum atomic E-state index is -3.99. The smallest absolute Gasteiger partial charge is 0.268 e. The molecule has 4 rings (SSSR count). The summed E-state index contributed by atoms with van der Waals surface area (Å²) in [6, 6.07) is 12.1. The third-order valence-corrected chi connectivity index (χ3v) is 8.50. The van der Waals surface area contributed by atoms with E-state index in [-0.39, 0.29) is 22.9 Å². The van der Waals surface area contributed by atoms with Gasteiger partial charge in [0.2, 0.25) is 0 Å². The molecule has 0 aromatic heterocycles. The molecule has 0 unspecified atom stereocenters. The first-order valence-corrected chi connectivity index (χ1v) is 13.2.